The summed E-state index contributed by atoms with van der Waals surface area (Å²) in [6, 6.07) is 11.5. The lowest BCUT2D eigenvalue weighted by Gasteiger charge is -2.19. The summed E-state index contributed by atoms with van der Waals surface area (Å²) in [5.74, 6) is -0.794. The summed E-state index contributed by atoms with van der Waals surface area (Å²) in [6.45, 7) is 0. The number of hydrogen-bond donors (Lipinski definition) is 1. The average molecular weight is 577 g/mol. The molecule has 0 atom stereocenters. The van der Waals surface area contributed by atoms with Crippen LogP contribution in [0.1, 0.15) is 19.2 Å². The lowest BCUT2D eigenvalue weighted by molar-refractivity contribution is 0.482. The van der Waals surface area contributed by atoms with Crippen molar-refractivity contribution in [2.75, 3.05) is 0 Å². The lowest BCUT2D eigenvalue weighted by Crippen LogP contribution is -1.91. The number of fused-ring (bicyclic) bond motifs is 6. The second-order valence-corrected chi connectivity index (χ2v) is 10.3. The van der Waals surface area contributed by atoms with E-state index in [1.165, 1.54) is 0 Å². The van der Waals surface area contributed by atoms with E-state index in [9.17, 15) is 12.0 Å². The summed E-state index contributed by atoms with van der Waals surface area (Å²) in [6.07, 6.45) is 0. The van der Waals surface area contributed by atoms with Gasteiger partial charge in [0.2, 0.25) is 0 Å². The highest BCUT2D eigenvalue weighted by atomic mass is 16.3. The lowest BCUT2D eigenvalue weighted by atomic mass is 9.85. The van der Waals surface area contributed by atoms with E-state index in [-0.39, 0.29) is 49.0 Å². The maximum atomic E-state index is 11.8. The zero-order valence-corrected chi connectivity index (χ0v) is 22.7. The summed E-state index contributed by atoms with van der Waals surface area (Å²) in [4.78, 5) is 0. The maximum Gasteiger partial charge on any atom is 0.136 e. The molecule has 9 aromatic rings. The Hall–Kier alpha value is -5.86. The summed E-state index contributed by atoms with van der Waals surface area (Å²) >= 11 is 0. The third-order valence-corrected chi connectivity index (χ3v) is 7.95. The van der Waals surface area contributed by atoms with E-state index >= 15 is 0 Å². The first-order valence-corrected chi connectivity index (χ1v) is 13.8. The second kappa shape index (κ2) is 9.58. The molecule has 0 bridgehead atoms. The van der Waals surface area contributed by atoms with Crippen molar-refractivity contribution in [1.82, 2.24) is 0 Å². The second-order valence-electron chi connectivity index (χ2n) is 10.3. The van der Waals surface area contributed by atoms with Gasteiger partial charge in [-0.1, -0.05) is 127 Å². The molecule has 0 spiro atoms. The van der Waals surface area contributed by atoms with Crippen LogP contribution in [0.2, 0.25) is 0 Å². The fourth-order valence-electron chi connectivity index (χ4n) is 6.02. The van der Waals surface area contributed by atoms with Gasteiger partial charge in [0.1, 0.15) is 16.9 Å². The summed E-state index contributed by atoms with van der Waals surface area (Å²) in [5.41, 5.74) is 0.388. The van der Waals surface area contributed by atoms with Crippen molar-refractivity contribution in [1.29, 1.82) is 0 Å². The highest BCUT2D eigenvalue weighted by molar-refractivity contribution is 6.23. The molecule has 0 unspecified atom stereocenters. The van der Waals surface area contributed by atoms with Gasteiger partial charge >= 0.3 is 0 Å². The predicted molar refractivity (Wildman–Crippen MR) is 184 cm³/mol. The Morgan fingerprint density at radius 3 is 2.02 bits per heavy atom. The zero-order chi connectivity index (χ0) is 41.4. The standard InChI is InChI=1S/C42H26O2/c43-37-17-8-16-36-40(29-23-24-33-32-12-5-6-18-38(32)44-39(33)25-29)34-13-3-4-14-35(34)41(42(36)37)28-21-19-27(20-22-28)31-15-7-10-26-9-1-2-11-30(26)31/h1-25,43H/i3D,4D,5D,6D,8D,12D,13D,14D,16D,17D,18D,23D,24D,25D. The molecule has 8 aromatic carbocycles. The molecule has 1 heterocycles. The number of rotatable bonds is 3. The number of phenolic OH excluding ortho intramolecular Hbond substituents is 1. The van der Waals surface area contributed by atoms with Crippen LogP contribution in [0.3, 0.4) is 0 Å². The van der Waals surface area contributed by atoms with E-state index < -0.39 is 101 Å². The number of furan rings is 1. The number of aromatic hydroxyl groups is 1. The molecule has 0 aliphatic rings. The smallest absolute Gasteiger partial charge is 0.136 e. The Morgan fingerprint density at radius 2 is 1.16 bits per heavy atom. The van der Waals surface area contributed by atoms with Crippen molar-refractivity contribution in [2.24, 2.45) is 0 Å². The van der Waals surface area contributed by atoms with Crippen LogP contribution in [0.4, 0.5) is 0 Å². The van der Waals surface area contributed by atoms with Gasteiger partial charge in [-0.25, -0.2) is 0 Å². The molecule has 1 aromatic heterocycles. The largest absolute Gasteiger partial charge is 0.507 e. The van der Waals surface area contributed by atoms with Gasteiger partial charge in [0.15, 0.2) is 0 Å². The van der Waals surface area contributed by atoms with E-state index in [2.05, 4.69) is 0 Å². The molecule has 0 saturated carbocycles. The van der Waals surface area contributed by atoms with E-state index in [4.69, 9.17) is 16.8 Å². The van der Waals surface area contributed by atoms with Crippen LogP contribution in [0.15, 0.2) is 156 Å². The Labute approximate surface area is 273 Å². The summed E-state index contributed by atoms with van der Waals surface area (Å²) < 4.78 is 130. The molecule has 0 saturated heterocycles. The molecule has 2 heteroatoms. The van der Waals surface area contributed by atoms with Crippen molar-refractivity contribution in [3.8, 4) is 39.1 Å². The van der Waals surface area contributed by atoms with Crippen LogP contribution in [0.5, 0.6) is 5.75 Å². The van der Waals surface area contributed by atoms with Crippen LogP contribution in [0, 0.1) is 0 Å². The van der Waals surface area contributed by atoms with Crippen molar-refractivity contribution in [3.63, 3.8) is 0 Å². The van der Waals surface area contributed by atoms with Gasteiger partial charge in [-0.3, -0.25) is 0 Å². The van der Waals surface area contributed by atoms with Crippen LogP contribution in [-0.2, 0) is 0 Å². The topological polar surface area (TPSA) is 33.4 Å². The Bertz CT molecular complexity index is 3250. The number of benzene rings is 8. The minimum absolute atomic E-state index is 0.00217. The highest BCUT2D eigenvalue weighted by Crippen LogP contribution is 2.47. The van der Waals surface area contributed by atoms with Gasteiger partial charge in [0, 0.05) is 21.7 Å². The maximum absolute atomic E-state index is 11.8. The molecule has 2 nitrogen and oxygen atoms in total. The first-order chi connectivity index (χ1) is 27.6. The van der Waals surface area contributed by atoms with Crippen LogP contribution < -0.4 is 0 Å². The van der Waals surface area contributed by atoms with Gasteiger partial charge in [-0.2, -0.15) is 0 Å². The van der Waals surface area contributed by atoms with Crippen LogP contribution in [0.25, 0.3) is 87.6 Å². The van der Waals surface area contributed by atoms with E-state index in [0.29, 0.717) is 5.56 Å². The predicted octanol–water partition coefficient (Wildman–Crippen LogP) is 11.8. The molecule has 0 aliphatic heterocycles. The molecule has 0 aliphatic carbocycles. The highest BCUT2D eigenvalue weighted by Gasteiger charge is 2.20. The van der Waals surface area contributed by atoms with Gasteiger partial charge in [0.25, 0.3) is 0 Å². The molecule has 0 amide bonds. The van der Waals surface area contributed by atoms with Crippen molar-refractivity contribution < 1.29 is 28.7 Å². The van der Waals surface area contributed by atoms with Crippen molar-refractivity contribution in [3.05, 3.63) is 151 Å². The zero-order valence-electron chi connectivity index (χ0n) is 36.7. The Kier molecular flexibility index (Phi) is 3.17. The van der Waals surface area contributed by atoms with Crippen LogP contribution >= 0.6 is 0 Å². The third kappa shape index (κ3) is 3.68. The Morgan fingerprint density at radius 1 is 0.477 bits per heavy atom. The number of phenols is 1. The number of para-hydroxylation sites is 1. The van der Waals surface area contributed by atoms with Gasteiger partial charge < -0.3 is 9.52 Å². The molecular weight excluding hydrogens is 536 g/mol. The van der Waals surface area contributed by atoms with E-state index in [0.717, 1.165) is 21.9 Å². The fourth-order valence-corrected chi connectivity index (χ4v) is 6.02. The summed E-state index contributed by atoms with van der Waals surface area (Å²) in [7, 11) is 0. The minimum atomic E-state index is -0.794. The Balaban J connectivity index is 1.48. The van der Waals surface area contributed by atoms with E-state index in [1.807, 2.05) is 42.5 Å². The molecule has 44 heavy (non-hydrogen) atoms. The van der Waals surface area contributed by atoms with Crippen molar-refractivity contribution in [2.45, 2.75) is 0 Å². The molecule has 206 valence electrons. The first-order valence-electron chi connectivity index (χ1n) is 20.8. The van der Waals surface area contributed by atoms with Gasteiger partial charge in [0.05, 0.1) is 19.2 Å². The molecule has 1 N–H and O–H groups in total. The van der Waals surface area contributed by atoms with Crippen LogP contribution in [-0.4, -0.2) is 5.11 Å². The van der Waals surface area contributed by atoms with E-state index in [1.54, 1.807) is 24.3 Å². The first kappa shape index (κ1) is 14.5. The quantitative estimate of drug-likeness (QED) is 0.212. The molecule has 0 fully saturated rings. The minimum Gasteiger partial charge on any atom is -0.507 e. The van der Waals surface area contributed by atoms with Gasteiger partial charge in [-0.05, 0) is 78.9 Å². The molecule has 0 radical (unpaired) electrons. The summed E-state index contributed by atoms with van der Waals surface area (Å²) in [5, 5.41) is 12.3. The number of hydrogen-bond acceptors (Lipinski definition) is 2. The normalized spacial score (nSPS) is 16.2. The monoisotopic (exact) mass is 576 g/mol. The van der Waals surface area contributed by atoms with Gasteiger partial charge in [-0.15, -0.1) is 0 Å². The average Bonchev–Trinajstić information content (AvgIpc) is 3.65. The van der Waals surface area contributed by atoms with Crippen molar-refractivity contribution >= 4 is 54.3 Å². The SMILES string of the molecule is [2H]c1c([2H])c([2H])c2c(oc3c([2H])c(-c4c5c([2H])c([2H])c([2H])c([2H])c5c(-c5ccc(-c6cccc7ccccc67)cc5)c5c(O)c([2H])c([2H])c([2H])c45)c([2H])c([2H])c32)c1[2H]. The third-order valence-electron chi connectivity index (χ3n) is 7.95. The molecule has 9 rings (SSSR count). The molecular formula is C42H26O2. The fraction of sp³-hybridized carbons (Fsp3) is 0.